The maximum absolute atomic E-state index is 12.5. The lowest BCUT2D eigenvalue weighted by molar-refractivity contribution is 0.359. The van der Waals surface area contributed by atoms with E-state index in [9.17, 15) is 15.0 Å². The fraction of sp³-hybridized carbons (Fsp3) is 0.167. The molecule has 5 nitrogen and oxygen atoms in total. The van der Waals surface area contributed by atoms with E-state index < -0.39 is 0 Å². The molecule has 2 N–H and O–H groups in total. The Bertz CT molecular complexity index is 978. The van der Waals surface area contributed by atoms with Gasteiger partial charge in [-0.1, -0.05) is 5.57 Å². The van der Waals surface area contributed by atoms with Crippen LogP contribution < -0.4 is 10.2 Å². The summed E-state index contributed by atoms with van der Waals surface area (Å²) in [5.41, 5.74) is 1.22. The molecule has 23 heavy (non-hydrogen) atoms. The monoisotopic (exact) mass is 312 g/mol. The number of hydrogen-bond donors (Lipinski definition) is 2. The van der Waals surface area contributed by atoms with Gasteiger partial charge in [-0.2, -0.15) is 0 Å². The van der Waals surface area contributed by atoms with E-state index in [0.717, 1.165) is 5.57 Å². The maximum atomic E-state index is 12.5. The van der Waals surface area contributed by atoms with Gasteiger partial charge in [-0.15, -0.1) is 0 Å². The van der Waals surface area contributed by atoms with Gasteiger partial charge in [0, 0.05) is 18.2 Å². The van der Waals surface area contributed by atoms with E-state index in [1.54, 1.807) is 6.07 Å². The maximum Gasteiger partial charge on any atom is 0.204 e. The van der Waals surface area contributed by atoms with Gasteiger partial charge in [0.1, 0.15) is 40.4 Å². The highest BCUT2D eigenvalue weighted by Gasteiger charge is 2.13. The Morgan fingerprint density at radius 1 is 1.17 bits per heavy atom. The van der Waals surface area contributed by atoms with Gasteiger partial charge < -0.3 is 19.4 Å². The second-order valence-corrected chi connectivity index (χ2v) is 5.52. The molecule has 0 unspecified atom stereocenters. The van der Waals surface area contributed by atoms with E-state index in [2.05, 4.69) is 0 Å². The Kier molecular flexibility index (Phi) is 3.70. The number of fused-ring (bicyclic) bond motifs is 2. The molecule has 0 bridgehead atoms. The van der Waals surface area contributed by atoms with Crippen molar-refractivity contribution in [2.45, 2.75) is 13.8 Å². The summed E-state index contributed by atoms with van der Waals surface area (Å²) < 4.78 is 11.2. The van der Waals surface area contributed by atoms with Crippen LogP contribution in [-0.2, 0) is 0 Å². The Labute approximate surface area is 132 Å². The third-order valence-electron chi connectivity index (χ3n) is 3.45. The quantitative estimate of drug-likeness (QED) is 0.569. The first-order valence-corrected chi connectivity index (χ1v) is 7.14. The standard InChI is InChI=1S/C18H16O5/c1-10(2)5-6-22-12-8-14(20)17-16(9-12)23-15-7-11(19)3-4-13(15)18(17)21/h3-5,7-9,19-20H,6H2,1-2H3. The van der Waals surface area contributed by atoms with Crippen LogP contribution in [-0.4, -0.2) is 16.8 Å². The second kappa shape index (κ2) is 5.68. The highest BCUT2D eigenvalue weighted by Crippen LogP contribution is 2.31. The minimum atomic E-state index is -0.352. The van der Waals surface area contributed by atoms with Crippen LogP contribution in [0.1, 0.15) is 13.8 Å². The molecule has 118 valence electrons. The largest absolute Gasteiger partial charge is 0.508 e. The summed E-state index contributed by atoms with van der Waals surface area (Å²) in [5.74, 6) is 0.203. The molecule has 0 amide bonds. The zero-order valence-corrected chi connectivity index (χ0v) is 12.8. The number of allylic oxidation sites excluding steroid dienone is 1. The summed E-state index contributed by atoms with van der Waals surface area (Å²) in [6, 6.07) is 7.18. The zero-order chi connectivity index (χ0) is 16.6. The molecule has 0 aliphatic heterocycles. The van der Waals surface area contributed by atoms with E-state index in [1.165, 1.54) is 24.3 Å². The normalized spacial score (nSPS) is 10.9. The molecule has 0 aliphatic rings. The van der Waals surface area contributed by atoms with Gasteiger partial charge in [0.15, 0.2) is 0 Å². The van der Waals surface area contributed by atoms with Crippen molar-refractivity contribution in [1.29, 1.82) is 0 Å². The van der Waals surface area contributed by atoms with Crippen molar-refractivity contribution in [3.8, 4) is 17.2 Å². The number of ether oxygens (including phenoxy) is 1. The Morgan fingerprint density at radius 3 is 2.70 bits per heavy atom. The zero-order valence-electron chi connectivity index (χ0n) is 12.8. The molecule has 1 heterocycles. The Hall–Kier alpha value is -2.95. The third kappa shape index (κ3) is 2.85. The smallest absolute Gasteiger partial charge is 0.204 e. The molecule has 0 saturated carbocycles. The number of benzene rings is 2. The van der Waals surface area contributed by atoms with Gasteiger partial charge in [0.05, 0.1) is 5.39 Å². The van der Waals surface area contributed by atoms with Crippen LogP contribution in [0.4, 0.5) is 0 Å². The van der Waals surface area contributed by atoms with Crippen LogP contribution in [0.5, 0.6) is 17.2 Å². The first-order valence-electron chi connectivity index (χ1n) is 7.14. The lowest BCUT2D eigenvalue weighted by Crippen LogP contribution is -2.03. The molecule has 1 aromatic heterocycles. The first kappa shape index (κ1) is 15.0. The lowest BCUT2D eigenvalue weighted by Gasteiger charge is -2.08. The van der Waals surface area contributed by atoms with E-state index in [4.69, 9.17) is 9.15 Å². The number of phenolic OH excluding ortho intramolecular Hbond substituents is 2. The summed E-state index contributed by atoms with van der Waals surface area (Å²) in [5, 5.41) is 20.1. The van der Waals surface area contributed by atoms with Gasteiger partial charge in [0.2, 0.25) is 5.43 Å². The molecule has 0 radical (unpaired) electrons. The predicted molar refractivity (Wildman–Crippen MR) is 88.2 cm³/mol. The fourth-order valence-corrected chi connectivity index (χ4v) is 2.31. The van der Waals surface area contributed by atoms with Crippen molar-refractivity contribution in [2.24, 2.45) is 0 Å². The number of aromatic hydroxyl groups is 2. The summed E-state index contributed by atoms with van der Waals surface area (Å²) >= 11 is 0. The highest BCUT2D eigenvalue weighted by atomic mass is 16.5. The van der Waals surface area contributed by atoms with Gasteiger partial charge in [-0.25, -0.2) is 0 Å². The van der Waals surface area contributed by atoms with Crippen molar-refractivity contribution >= 4 is 21.9 Å². The minimum absolute atomic E-state index is 0.000171. The average Bonchev–Trinajstić information content (AvgIpc) is 2.46. The van der Waals surface area contributed by atoms with E-state index in [-0.39, 0.29) is 33.5 Å². The van der Waals surface area contributed by atoms with Crippen LogP contribution in [0.15, 0.2) is 51.2 Å². The van der Waals surface area contributed by atoms with Crippen molar-refractivity contribution in [1.82, 2.24) is 0 Å². The molecular formula is C18H16O5. The average molecular weight is 312 g/mol. The second-order valence-electron chi connectivity index (χ2n) is 5.52. The van der Waals surface area contributed by atoms with Gasteiger partial charge in [-0.3, -0.25) is 4.79 Å². The van der Waals surface area contributed by atoms with Gasteiger partial charge in [0.25, 0.3) is 0 Å². The predicted octanol–water partition coefficient (Wildman–Crippen LogP) is 3.70. The van der Waals surface area contributed by atoms with E-state index in [1.807, 2.05) is 19.9 Å². The molecule has 3 rings (SSSR count). The lowest BCUT2D eigenvalue weighted by atomic mass is 10.1. The van der Waals surface area contributed by atoms with Crippen LogP contribution in [0.2, 0.25) is 0 Å². The van der Waals surface area contributed by atoms with Crippen LogP contribution >= 0.6 is 0 Å². The van der Waals surface area contributed by atoms with Crippen LogP contribution in [0.25, 0.3) is 21.9 Å². The first-order chi connectivity index (χ1) is 11.0. The number of rotatable bonds is 3. The topological polar surface area (TPSA) is 79.9 Å². The van der Waals surface area contributed by atoms with Crippen molar-refractivity contribution in [3.63, 3.8) is 0 Å². The van der Waals surface area contributed by atoms with Crippen molar-refractivity contribution in [2.75, 3.05) is 6.61 Å². The molecule has 0 spiro atoms. The summed E-state index contributed by atoms with van der Waals surface area (Å²) in [4.78, 5) is 12.5. The molecule has 0 atom stereocenters. The molecule has 0 fully saturated rings. The molecule has 0 saturated heterocycles. The molecule has 0 aliphatic carbocycles. The number of hydrogen-bond acceptors (Lipinski definition) is 5. The Morgan fingerprint density at radius 2 is 1.96 bits per heavy atom. The minimum Gasteiger partial charge on any atom is -0.508 e. The van der Waals surface area contributed by atoms with E-state index >= 15 is 0 Å². The molecule has 2 aromatic carbocycles. The summed E-state index contributed by atoms with van der Waals surface area (Å²) in [6.07, 6.45) is 1.90. The third-order valence-corrected chi connectivity index (χ3v) is 3.45. The highest BCUT2D eigenvalue weighted by molar-refractivity contribution is 5.94. The molecule has 5 heteroatoms. The van der Waals surface area contributed by atoms with Gasteiger partial charge >= 0.3 is 0 Å². The fourth-order valence-electron chi connectivity index (χ4n) is 2.31. The van der Waals surface area contributed by atoms with E-state index in [0.29, 0.717) is 17.7 Å². The molecule has 3 aromatic rings. The Balaban J connectivity index is 2.17. The SMILES string of the molecule is CC(C)=CCOc1cc(O)c2c(=O)c3ccc(O)cc3oc2c1. The van der Waals surface area contributed by atoms with Crippen LogP contribution in [0.3, 0.4) is 0 Å². The van der Waals surface area contributed by atoms with Crippen LogP contribution in [0, 0.1) is 0 Å². The summed E-state index contributed by atoms with van der Waals surface area (Å²) in [7, 11) is 0. The number of phenols is 2. The van der Waals surface area contributed by atoms with Crippen molar-refractivity contribution in [3.05, 3.63) is 52.2 Å². The molecular weight excluding hydrogens is 296 g/mol. The summed E-state index contributed by atoms with van der Waals surface area (Å²) in [6.45, 7) is 4.27. The van der Waals surface area contributed by atoms with Crippen molar-refractivity contribution < 1.29 is 19.4 Å². The van der Waals surface area contributed by atoms with Gasteiger partial charge in [-0.05, 0) is 32.1 Å².